The van der Waals surface area contributed by atoms with Gasteiger partial charge in [-0.3, -0.25) is 4.90 Å². The van der Waals surface area contributed by atoms with Gasteiger partial charge in [0.25, 0.3) is 0 Å². The number of carboxylic acid groups (broad SMARTS) is 1. The van der Waals surface area contributed by atoms with Crippen LogP contribution in [0.3, 0.4) is 0 Å². The van der Waals surface area contributed by atoms with Gasteiger partial charge in [-0.2, -0.15) is 0 Å². The molecule has 1 aliphatic carbocycles. The van der Waals surface area contributed by atoms with Crippen LogP contribution in [0.15, 0.2) is 11.6 Å². The van der Waals surface area contributed by atoms with Gasteiger partial charge in [0.15, 0.2) is 0 Å². The van der Waals surface area contributed by atoms with Crippen molar-refractivity contribution in [1.29, 1.82) is 0 Å². The summed E-state index contributed by atoms with van der Waals surface area (Å²) in [6, 6.07) is 0.378. The molecule has 1 unspecified atom stereocenters. The minimum atomic E-state index is -0.734. The van der Waals surface area contributed by atoms with E-state index in [9.17, 15) is 4.79 Å². The zero-order valence-electron chi connectivity index (χ0n) is 8.57. The van der Waals surface area contributed by atoms with Gasteiger partial charge < -0.3 is 5.11 Å². The number of aliphatic carboxylic acids is 1. The van der Waals surface area contributed by atoms with Gasteiger partial charge in [0, 0.05) is 18.2 Å². The molecule has 1 aliphatic heterocycles. The first-order valence-corrected chi connectivity index (χ1v) is 5.32. The Morgan fingerprint density at radius 3 is 2.79 bits per heavy atom. The normalized spacial score (nSPS) is 29.5. The standard InChI is InChI=1S/C11H17NO2/c1-12-6-5-9(11(13)14)7-10(12)8-3-2-4-8/h7-8,10H,2-6H2,1H3,(H,13,14). The summed E-state index contributed by atoms with van der Waals surface area (Å²) in [5.41, 5.74) is 0.611. The summed E-state index contributed by atoms with van der Waals surface area (Å²) in [6.07, 6.45) is 6.49. The fraction of sp³-hybridized carbons (Fsp3) is 0.727. The number of carboxylic acids is 1. The molecular weight excluding hydrogens is 178 g/mol. The third kappa shape index (κ3) is 1.69. The zero-order chi connectivity index (χ0) is 10.1. The molecule has 1 saturated carbocycles. The van der Waals surface area contributed by atoms with Crippen LogP contribution in [-0.4, -0.2) is 35.6 Å². The SMILES string of the molecule is CN1CCC(C(=O)O)=CC1C1CCC1. The predicted octanol–water partition coefficient (Wildman–Crippen LogP) is 1.50. The summed E-state index contributed by atoms with van der Waals surface area (Å²) in [5, 5.41) is 8.93. The lowest BCUT2D eigenvalue weighted by molar-refractivity contribution is -0.133. The lowest BCUT2D eigenvalue weighted by Crippen LogP contribution is -2.43. The number of hydrogen-bond acceptors (Lipinski definition) is 2. The fourth-order valence-corrected chi connectivity index (χ4v) is 2.32. The number of nitrogens with zero attached hydrogens (tertiary/aromatic N) is 1. The average molecular weight is 195 g/mol. The average Bonchev–Trinajstić information content (AvgIpc) is 2.05. The second kappa shape index (κ2) is 3.73. The van der Waals surface area contributed by atoms with Crippen molar-refractivity contribution >= 4 is 5.97 Å². The van der Waals surface area contributed by atoms with Gasteiger partial charge in [0.05, 0.1) is 0 Å². The molecule has 3 nitrogen and oxygen atoms in total. The minimum Gasteiger partial charge on any atom is -0.478 e. The molecule has 2 aliphatic rings. The lowest BCUT2D eigenvalue weighted by atomic mass is 9.77. The van der Waals surface area contributed by atoms with Gasteiger partial charge in [-0.15, -0.1) is 0 Å². The van der Waals surface area contributed by atoms with Crippen LogP contribution in [0.25, 0.3) is 0 Å². The van der Waals surface area contributed by atoms with E-state index in [0.717, 1.165) is 6.54 Å². The van der Waals surface area contributed by atoms with Crippen LogP contribution < -0.4 is 0 Å². The molecule has 14 heavy (non-hydrogen) atoms. The highest BCUT2D eigenvalue weighted by atomic mass is 16.4. The first-order valence-electron chi connectivity index (χ1n) is 5.32. The van der Waals surface area contributed by atoms with Gasteiger partial charge in [0.1, 0.15) is 0 Å². The minimum absolute atomic E-state index is 0.378. The Balaban J connectivity index is 2.11. The van der Waals surface area contributed by atoms with E-state index in [2.05, 4.69) is 11.9 Å². The molecule has 3 heteroatoms. The Hall–Kier alpha value is -0.830. The molecule has 0 aromatic carbocycles. The van der Waals surface area contributed by atoms with Gasteiger partial charge in [-0.05, 0) is 32.2 Å². The van der Waals surface area contributed by atoms with Crippen molar-refractivity contribution in [2.24, 2.45) is 5.92 Å². The smallest absolute Gasteiger partial charge is 0.331 e. The van der Waals surface area contributed by atoms with E-state index in [1.54, 1.807) is 0 Å². The molecule has 0 saturated heterocycles. The van der Waals surface area contributed by atoms with E-state index in [1.165, 1.54) is 19.3 Å². The maximum absolute atomic E-state index is 10.8. The molecule has 2 rings (SSSR count). The van der Waals surface area contributed by atoms with Crippen molar-refractivity contribution in [3.63, 3.8) is 0 Å². The van der Waals surface area contributed by atoms with Crippen molar-refractivity contribution in [2.45, 2.75) is 31.7 Å². The summed E-state index contributed by atoms with van der Waals surface area (Å²) >= 11 is 0. The second-order valence-corrected chi connectivity index (χ2v) is 4.41. The summed E-state index contributed by atoms with van der Waals surface area (Å²) in [6.45, 7) is 0.888. The second-order valence-electron chi connectivity index (χ2n) is 4.41. The zero-order valence-corrected chi connectivity index (χ0v) is 8.57. The van der Waals surface area contributed by atoms with E-state index in [-0.39, 0.29) is 0 Å². The van der Waals surface area contributed by atoms with Crippen molar-refractivity contribution in [3.8, 4) is 0 Å². The van der Waals surface area contributed by atoms with E-state index in [0.29, 0.717) is 24.0 Å². The first-order chi connectivity index (χ1) is 6.68. The van der Waals surface area contributed by atoms with E-state index < -0.39 is 5.97 Å². The van der Waals surface area contributed by atoms with Crippen LogP contribution in [0.1, 0.15) is 25.7 Å². The topological polar surface area (TPSA) is 40.5 Å². The molecule has 0 amide bonds. The summed E-state index contributed by atoms with van der Waals surface area (Å²) in [7, 11) is 2.10. The molecule has 0 aromatic rings. The fourth-order valence-electron chi connectivity index (χ4n) is 2.32. The van der Waals surface area contributed by atoms with Gasteiger partial charge in [-0.25, -0.2) is 4.79 Å². The molecule has 1 N–H and O–H groups in total. The number of carbonyl (C=O) groups is 1. The third-order valence-electron chi connectivity index (χ3n) is 3.52. The van der Waals surface area contributed by atoms with E-state index in [1.807, 2.05) is 6.08 Å². The molecule has 0 bridgehead atoms. The van der Waals surface area contributed by atoms with Crippen molar-refractivity contribution in [2.75, 3.05) is 13.6 Å². The van der Waals surface area contributed by atoms with Crippen molar-refractivity contribution in [1.82, 2.24) is 4.90 Å². The Morgan fingerprint density at radius 2 is 2.29 bits per heavy atom. The molecule has 78 valence electrons. The highest BCUT2D eigenvalue weighted by molar-refractivity contribution is 5.86. The molecule has 0 spiro atoms. The molecule has 1 heterocycles. The van der Waals surface area contributed by atoms with Gasteiger partial charge in [0.2, 0.25) is 0 Å². The summed E-state index contributed by atoms with van der Waals surface area (Å²) < 4.78 is 0. The molecule has 1 fully saturated rings. The van der Waals surface area contributed by atoms with Crippen LogP contribution in [-0.2, 0) is 4.79 Å². The highest BCUT2D eigenvalue weighted by Gasteiger charge is 2.31. The number of likely N-dealkylation sites (N-methyl/N-ethyl adjacent to an activating group) is 1. The van der Waals surface area contributed by atoms with Crippen LogP contribution in [0, 0.1) is 5.92 Å². The number of hydrogen-bond donors (Lipinski definition) is 1. The van der Waals surface area contributed by atoms with Gasteiger partial charge in [-0.1, -0.05) is 12.5 Å². The number of rotatable bonds is 2. The van der Waals surface area contributed by atoms with E-state index in [4.69, 9.17) is 5.11 Å². The maximum atomic E-state index is 10.8. The van der Waals surface area contributed by atoms with Crippen molar-refractivity contribution in [3.05, 3.63) is 11.6 Å². The molecular formula is C11H17NO2. The van der Waals surface area contributed by atoms with Gasteiger partial charge >= 0.3 is 5.97 Å². The summed E-state index contributed by atoms with van der Waals surface area (Å²) in [4.78, 5) is 13.1. The summed E-state index contributed by atoms with van der Waals surface area (Å²) in [5.74, 6) is -0.0305. The predicted molar refractivity (Wildman–Crippen MR) is 54.1 cm³/mol. The van der Waals surface area contributed by atoms with Crippen LogP contribution in [0.4, 0.5) is 0 Å². The van der Waals surface area contributed by atoms with Crippen LogP contribution in [0.5, 0.6) is 0 Å². The molecule has 0 aromatic heterocycles. The first kappa shape index (κ1) is 9.71. The van der Waals surface area contributed by atoms with E-state index >= 15 is 0 Å². The van der Waals surface area contributed by atoms with Crippen LogP contribution in [0.2, 0.25) is 0 Å². The quantitative estimate of drug-likeness (QED) is 0.726. The lowest BCUT2D eigenvalue weighted by Gasteiger charge is -2.40. The monoisotopic (exact) mass is 195 g/mol. The van der Waals surface area contributed by atoms with Crippen LogP contribution >= 0.6 is 0 Å². The highest BCUT2D eigenvalue weighted by Crippen LogP contribution is 2.34. The van der Waals surface area contributed by atoms with Crippen molar-refractivity contribution < 1.29 is 9.90 Å². The largest absolute Gasteiger partial charge is 0.478 e. The molecule has 1 atom stereocenters. The maximum Gasteiger partial charge on any atom is 0.331 e. The Kier molecular flexibility index (Phi) is 2.59. The Labute approximate surface area is 84.4 Å². The Bertz CT molecular complexity index is 268. The molecule has 0 radical (unpaired) electrons. The third-order valence-corrected chi connectivity index (χ3v) is 3.52. The Morgan fingerprint density at radius 1 is 1.57 bits per heavy atom.